The molecule has 3 rings (SSSR count). The molecule has 0 aromatic heterocycles. The highest BCUT2D eigenvalue weighted by Crippen LogP contribution is 2.52. The quantitative estimate of drug-likeness (QED) is 0.727. The average molecular weight is 381 g/mol. The SMILES string of the molecule is CC1(C)C[C@@H]2C[C@@](C)(CN2C(=O)COC(=O)c2ccc(OC(F)F)cc2)C1. The summed E-state index contributed by atoms with van der Waals surface area (Å²) in [6.07, 6.45) is 3.02. The first-order valence-corrected chi connectivity index (χ1v) is 9.08. The molecule has 1 aromatic carbocycles. The van der Waals surface area contributed by atoms with Crippen molar-refractivity contribution in [1.29, 1.82) is 0 Å². The zero-order chi connectivity index (χ0) is 19.8. The Morgan fingerprint density at radius 1 is 1.19 bits per heavy atom. The fourth-order valence-electron chi connectivity index (χ4n) is 4.82. The normalized spacial score (nSPS) is 26.1. The fraction of sp³-hybridized carbons (Fsp3) is 0.600. The molecule has 2 bridgehead atoms. The van der Waals surface area contributed by atoms with Gasteiger partial charge in [0, 0.05) is 12.6 Å². The molecule has 27 heavy (non-hydrogen) atoms. The van der Waals surface area contributed by atoms with E-state index in [0.717, 1.165) is 19.3 Å². The van der Waals surface area contributed by atoms with Crippen LogP contribution in [0.5, 0.6) is 5.75 Å². The Morgan fingerprint density at radius 3 is 2.48 bits per heavy atom. The average Bonchev–Trinajstić information content (AvgIpc) is 2.81. The summed E-state index contributed by atoms with van der Waals surface area (Å²) < 4.78 is 33.7. The molecular formula is C20H25F2NO4. The van der Waals surface area contributed by atoms with Crippen molar-refractivity contribution in [1.82, 2.24) is 4.90 Å². The molecule has 1 heterocycles. The number of ether oxygens (including phenoxy) is 2. The molecule has 2 fully saturated rings. The van der Waals surface area contributed by atoms with Crippen LogP contribution in [0.15, 0.2) is 24.3 Å². The molecule has 1 saturated carbocycles. The third-order valence-electron chi connectivity index (χ3n) is 5.38. The fourth-order valence-corrected chi connectivity index (χ4v) is 4.82. The molecule has 0 N–H and O–H groups in total. The van der Waals surface area contributed by atoms with Crippen LogP contribution in [0.3, 0.4) is 0 Å². The molecule has 0 radical (unpaired) electrons. The smallest absolute Gasteiger partial charge is 0.387 e. The van der Waals surface area contributed by atoms with E-state index < -0.39 is 12.6 Å². The maximum atomic E-state index is 12.6. The van der Waals surface area contributed by atoms with Crippen LogP contribution in [0.25, 0.3) is 0 Å². The lowest BCUT2D eigenvalue weighted by Crippen LogP contribution is -2.39. The minimum atomic E-state index is -2.92. The number of fused-ring (bicyclic) bond motifs is 2. The van der Waals surface area contributed by atoms with Gasteiger partial charge in [0.1, 0.15) is 5.75 Å². The van der Waals surface area contributed by atoms with Crippen molar-refractivity contribution in [2.24, 2.45) is 10.8 Å². The number of hydrogen-bond donors (Lipinski definition) is 0. The highest BCUT2D eigenvalue weighted by atomic mass is 19.3. The van der Waals surface area contributed by atoms with Gasteiger partial charge in [-0.05, 0) is 54.4 Å². The maximum absolute atomic E-state index is 12.6. The van der Waals surface area contributed by atoms with Crippen molar-refractivity contribution in [3.63, 3.8) is 0 Å². The molecule has 0 unspecified atom stereocenters. The Bertz CT molecular complexity index is 719. The topological polar surface area (TPSA) is 55.8 Å². The molecule has 1 aromatic rings. The standard InChI is InChI=1S/C20H25F2NO4/c1-19(2)8-14-9-20(3,11-19)12-23(14)16(24)10-26-17(25)13-4-6-15(7-5-13)27-18(21)22/h4-7,14,18H,8-12H2,1-3H3/t14-,20-/m1/s1. The summed E-state index contributed by atoms with van der Waals surface area (Å²) in [5.74, 6) is -0.897. The van der Waals surface area contributed by atoms with Gasteiger partial charge >= 0.3 is 12.6 Å². The van der Waals surface area contributed by atoms with Gasteiger partial charge in [-0.2, -0.15) is 8.78 Å². The molecule has 1 amide bonds. The van der Waals surface area contributed by atoms with E-state index in [2.05, 4.69) is 25.5 Å². The zero-order valence-electron chi connectivity index (χ0n) is 15.8. The van der Waals surface area contributed by atoms with Crippen LogP contribution in [-0.4, -0.2) is 42.6 Å². The van der Waals surface area contributed by atoms with Crippen molar-refractivity contribution in [3.05, 3.63) is 29.8 Å². The van der Waals surface area contributed by atoms with Crippen LogP contribution in [-0.2, 0) is 9.53 Å². The minimum Gasteiger partial charge on any atom is -0.452 e. The number of nitrogens with zero attached hydrogens (tertiary/aromatic N) is 1. The minimum absolute atomic E-state index is 0.0437. The van der Waals surface area contributed by atoms with Gasteiger partial charge in [0.15, 0.2) is 6.61 Å². The monoisotopic (exact) mass is 381 g/mol. The molecule has 7 heteroatoms. The van der Waals surface area contributed by atoms with Crippen LogP contribution < -0.4 is 4.74 Å². The van der Waals surface area contributed by atoms with Gasteiger partial charge in [-0.25, -0.2) is 4.79 Å². The van der Waals surface area contributed by atoms with Crippen molar-refractivity contribution in [2.45, 2.75) is 52.7 Å². The first kappa shape index (κ1) is 19.6. The molecule has 0 spiro atoms. The predicted molar refractivity (Wildman–Crippen MR) is 94.6 cm³/mol. The van der Waals surface area contributed by atoms with Crippen LogP contribution in [0, 0.1) is 10.8 Å². The lowest BCUT2D eigenvalue weighted by atomic mass is 9.65. The third-order valence-corrected chi connectivity index (χ3v) is 5.38. The number of alkyl halides is 2. The van der Waals surface area contributed by atoms with E-state index in [0.29, 0.717) is 6.54 Å². The van der Waals surface area contributed by atoms with Gasteiger partial charge in [-0.15, -0.1) is 0 Å². The summed E-state index contributed by atoms with van der Waals surface area (Å²) in [6.45, 7) is 4.12. The number of carbonyl (C=O) groups is 2. The number of hydrogen-bond acceptors (Lipinski definition) is 4. The van der Waals surface area contributed by atoms with Crippen molar-refractivity contribution < 1.29 is 27.8 Å². The van der Waals surface area contributed by atoms with E-state index in [1.807, 2.05) is 4.90 Å². The highest BCUT2D eigenvalue weighted by Gasteiger charge is 2.50. The first-order chi connectivity index (χ1) is 12.6. The van der Waals surface area contributed by atoms with Crippen molar-refractivity contribution >= 4 is 11.9 Å². The number of carbonyl (C=O) groups excluding carboxylic acids is 2. The summed E-state index contributed by atoms with van der Waals surface area (Å²) in [5, 5.41) is 0. The predicted octanol–water partition coefficient (Wildman–Crippen LogP) is 3.87. The van der Waals surface area contributed by atoms with Crippen LogP contribution in [0.1, 0.15) is 50.4 Å². The molecule has 1 aliphatic carbocycles. The number of likely N-dealkylation sites (tertiary alicyclic amines) is 1. The Morgan fingerprint density at radius 2 is 1.85 bits per heavy atom. The van der Waals surface area contributed by atoms with Gasteiger partial charge in [-0.1, -0.05) is 20.8 Å². The van der Waals surface area contributed by atoms with E-state index in [1.165, 1.54) is 24.3 Å². The van der Waals surface area contributed by atoms with Gasteiger partial charge < -0.3 is 14.4 Å². The third kappa shape index (κ3) is 4.57. The Kier molecular flexibility index (Phi) is 5.14. The number of benzene rings is 1. The second-order valence-electron chi connectivity index (χ2n) is 8.71. The lowest BCUT2D eigenvalue weighted by Gasteiger charge is -2.39. The van der Waals surface area contributed by atoms with E-state index in [9.17, 15) is 18.4 Å². The van der Waals surface area contributed by atoms with E-state index in [4.69, 9.17) is 4.74 Å². The van der Waals surface area contributed by atoms with Crippen molar-refractivity contribution in [3.8, 4) is 5.75 Å². The van der Waals surface area contributed by atoms with E-state index >= 15 is 0 Å². The zero-order valence-corrected chi connectivity index (χ0v) is 15.8. The molecule has 148 valence electrons. The Hall–Kier alpha value is -2.18. The first-order valence-electron chi connectivity index (χ1n) is 9.08. The van der Waals surface area contributed by atoms with Crippen LogP contribution in [0.2, 0.25) is 0 Å². The second-order valence-corrected chi connectivity index (χ2v) is 8.71. The summed E-state index contributed by atoms with van der Waals surface area (Å²) in [5.41, 5.74) is 0.496. The lowest BCUT2D eigenvalue weighted by molar-refractivity contribution is -0.135. The Labute approximate surface area is 157 Å². The largest absolute Gasteiger partial charge is 0.452 e. The molecule has 2 atom stereocenters. The maximum Gasteiger partial charge on any atom is 0.387 e. The van der Waals surface area contributed by atoms with Gasteiger partial charge in [0.05, 0.1) is 5.56 Å². The second kappa shape index (κ2) is 7.09. The van der Waals surface area contributed by atoms with E-state index in [-0.39, 0.29) is 40.7 Å². The summed E-state index contributed by atoms with van der Waals surface area (Å²) in [7, 11) is 0. The highest BCUT2D eigenvalue weighted by molar-refractivity contribution is 5.91. The number of amides is 1. The summed E-state index contributed by atoms with van der Waals surface area (Å²) >= 11 is 0. The van der Waals surface area contributed by atoms with Gasteiger partial charge in [0.25, 0.3) is 5.91 Å². The Balaban J connectivity index is 1.55. The molecule has 2 aliphatic rings. The van der Waals surface area contributed by atoms with E-state index in [1.54, 1.807) is 0 Å². The van der Waals surface area contributed by atoms with Gasteiger partial charge in [-0.3, -0.25) is 4.79 Å². The summed E-state index contributed by atoms with van der Waals surface area (Å²) in [6, 6.07) is 5.37. The number of halogens is 2. The van der Waals surface area contributed by atoms with Crippen molar-refractivity contribution in [2.75, 3.05) is 13.2 Å². The van der Waals surface area contributed by atoms with Crippen LogP contribution in [0.4, 0.5) is 8.78 Å². The number of esters is 1. The number of rotatable bonds is 5. The molecule has 5 nitrogen and oxygen atoms in total. The molecule has 1 saturated heterocycles. The molecular weight excluding hydrogens is 356 g/mol. The van der Waals surface area contributed by atoms with Crippen LogP contribution >= 0.6 is 0 Å². The summed E-state index contributed by atoms with van der Waals surface area (Å²) in [4.78, 5) is 26.6. The van der Waals surface area contributed by atoms with Gasteiger partial charge in [0.2, 0.25) is 0 Å². The molecule has 1 aliphatic heterocycles.